The summed E-state index contributed by atoms with van der Waals surface area (Å²) in [5.74, 6) is 5.28. The van der Waals surface area contributed by atoms with Gasteiger partial charge in [-0.1, -0.05) is 17.1 Å². The normalized spacial score (nSPS) is 11.6. The van der Waals surface area contributed by atoms with E-state index in [9.17, 15) is 8.42 Å². The van der Waals surface area contributed by atoms with Crippen LogP contribution in [0.15, 0.2) is 23.4 Å². The number of oxime groups is 1. The van der Waals surface area contributed by atoms with Crippen LogP contribution < -0.4 is 0 Å². The molecule has 0 aliphatic carbocycles. The van der Waals surface area contributed by atoms with Gasteiger partial charge >= 0.3 is 0 Å². The summed E-state index contributed by atoms with van der Waals surface area (Å²) in [6.45, 7) is 1.56. The van der Waals surface area contributed by atoms with E-state index >= 15 is 0 Å². The quantitative estimate of drug-likeness (QED) is 0.353. The average molecular weight is 282 g/mol. The van der Waals surface area contributed by atoms with Gasteiger partial charge in [0.25, 0.3) is 10.1 Å². The molecule has 0 saturated carbocycles. The standard InChI is InChI=1S/C12H14N2O4S/c1-10(14-17-2)12-8-4-6-11(13-12)7-5-9-18-19(3,15)16/h4,6,8H,9H2,1-3H3/b14-10+. The van der Waals surface area contributed by atoms with E-state index in [-0.39, 0.29) is 6.61 Å². The Morgan fingerprint density at radius 2 is 2.21 bits per heavy atom. The molecule has 0 spiro atoms. The first-order valence-corrected chi connectivity index (χ1v) is 7.12. The highest BCUT2D eigenvalue weighted by Gasteiger charge is 2.00. The van der Waals surface area contributed by atoms with E-state index in [0.29, 0.717) is 17.1 Å². The van der Waals surface area contributed by atoms with Gasteiger partial charge in [-0.3, -0.25) is 4.18 Å². The van der Waals surface area contributed by atoms with Crippen molar-refractivity contribution in [1.82, 2.24) is 4.98 Å². The molecule has 0 radical (unpaired) electrons. The highest BCUT2D eigenvalue weighted by atomic mass is 32.2. The Bertz CT molecular complexity index is 627. The molecule has 0 bridgehead atoms. The summed E-state index contributed by atoms with van der Waals surface area (Å²) >= 11 is 0. The number of hydrogen-bond donors (Lipinski definition) is 0. The Balaban J connectivity index is 2.78. The van der Waals surface area contributed by atoms with Gasteiger partial charge in [0.05, 0.1) is 11.9 Å². The Morgan fingerprint density at radius 1 is 1.47 bits per heavy atom. The first-order chi connectivity index (χ1) is 8.92. The van der Waals surface area contributed by atoms with E-state index in [1.807, 2.05) is 0 Å². The number of hydrogen-bond acceptors (Lipinski definition) is 6. The molecular formula is C12H14N2O4S. The van der Waals surface area contributed by atoms with E-state index in [2.05, 4.69) is 31.0 Å². The van der Waals surface area contributed by atoms with Gasteiger partial charge in [0.1, 0.15) is 25.1 Å². The number of rotatable bonds is 4. The monoisotopic (exact) mass is 282 g/mol. The molecule has 0 atom stereocenters. The molecule has 0 aliphatic heterocycles. The van der Waals surface area contributed by atoms with E-state index in [1.165, 1.54) is 7.11 Å². The zero-order chi connectivity index (χ0) is 14.3. The first kappa shape index (κ1) is 15.1. The minimum absolute atomic E-state index is 0.199. The van der Waals surface area contributed by atoms with Crippen LogP contribution in [0.1, 0.15) is 18.3 Å². The van der Waals surface area contributed by atoms with Crippen LogP contribution >= 0.6 is 0 Å². The molecule has 0 aromatic carbocycles. The van der Waals surface area contributed by atoms with Crippen molar-refractivity contribution in [1.29, 1.82) is 0 Å². The second-order valence-corrected chi connectivity index (χ2v) is 5.18. The van der Waals surface area contributed by atoms with Gasteiger partial charge in [-0.15, -0.1) is 0 Å². The van der Waals surface area contributed by atoms with E-state index < -0.39 is 10.1 Å². The van der Waals surface area contributed by atoms with Crippen molar-refractivity contribution in [3.8, 4) is 11.8 Å². The average Bonchev–Trinajstić information content (AvgIpc) is 2.34. The molecule has 1 heterocycles. The molecule has 1 rings (SSSR count). The van der Waals surface area contributed by atoms with Gasteiger partial charge in [-0.05, 0) is 25.0 Å². The van der Waals surface area contributed by atoms with Crippen LogP contribution in [-0.4, -0.2) is 39.1 Å². The van der Waals surface area contributed by atoms with Crippen molar-refractivity contribution >= 4 is 15.8 Å². The predicted molar refractivity (Wildman–Crippen MR) is 71.1 cm³/mol. The van der Waals surface area contributed by atoms with Crippen LogP contribution in [0.3, 0.4) is 0 Å². The Kier molecular flexibility index (Phi) is 5.48. The van der Waals surface area contributed by atoms with Crippen LogP contribution in [0.2, 0.25) is 0 Å². The molecule has 1 aromatic rings. The van der Waals surface area contributed by atoms with Crippen molar-refractivity contribution < 1.29 is 17.4 Å². The van der Waals surface area contributed by atoms with Gasteiger partial charge in [0, 0.05) is 0 Å². The lowest BCUT2D eigenvalue weighted by Crippen LogP contribution is -2.03. The summed E-state index contributed by atoms with van der Waals surface area (Å²) < 4.78 is 25.9. The Labute approximate surface area is 112 Å². The lowest BCUT2D eigenvalue weighted by atomic mass is 10.2. The molecular weight excluding hydrogens is 268 g/mol. The van der Waals surface area contributed by atoms with Crippen molar-refractivity contribution in [3.63, 3.8) is 0 Å². The van der Waals surface area contributed by atoms with Crippen molar-refractivity contribution in [2.24, 2.45) is 5.16 Å². The minimum Gasteiger partial charge on any atom is -0.399 e. The molecule has 19 heavy (non-hydrogen) atoms. The molecule has 0 unspecified atom stereocenters. The SMILES string of the molecule is CO/N=C(\C)c1cccc(C#CCOS(C)(=O)=O)n1. The summed E-state index contributed by atoms with van der Waals surface area (Å²) in [6.07, 6.45) is 0.970. The lowest BCUT2D eigenvalue weighted by molar-refractivity contribution is 0.213. The van der Waals surface area contributed by atoms with E-state index in [1.54, 1.807) is 25.1 Å². The fourth-order valence-corrected chi connectivity index (χ4v) is 1.43. The topological polar surface area (TPSA) is 77.9 Å². The Morgan fingerprint density at radius 3 is 2.84 bits per heavy atom. The van der Waals surface area contributed by atoms with Gasteiger partial charge in [0.2, 0.25) is 0 Å². The first-order valence-electron chi connectivity index (χ1n) is 5.31. The van der Waals surface area contributed by atoms with Gasteiger partial charge in [-0.2, -0.15) is 8.42 Å². The number of nitrogens with zero attached hydrogens (tertiary/aromatic N) is 2. The highest BCUT2D eigenvalue weighted by Crippen LogP contribution is 2.00. The zero-order valence-corrected chi connectivity index (χ0v) is 11.7. The predicted octanol–water partition coefficient (Wildman–Crippen LogP) is 0.780. The van der Waals surface area contributed by atoms with Gasteiger partial charge < -0.3 is 4.84 Å². The zero-order valence-electron chi connectivity index (χ0n) is 10.9. The van der Waals surface area contributed by atoms with Crippen LogP contribution in [-0.2, 0) is 19.1 Å². The third-order valence-electron chi connectivity index (χ3n) is 1.91. The summed E-state index contributed by atoms with van der Waals surface area (Å²) in [5, 5.41) is 3.77. The van der Waals surface area contributed by atoms with Crippen molar-refractivity contribution in [2.45, 2.75) is 6.92 Å². The van der Waals surface area contributed by atoms with E-state index in [0.717, 1.165) is 6.26 Å². The smallest absolute Gasteiger partial charge is 0.265 e. The molecule has 0 fully saturated rings. The maximum atomic E-state index is 10.7. The van der Waals surface area contributed by atoms with Crippen LogP contribution in [0, 0.1) is 11.8 Å². The van der Waals surface area contributed by atoms with Crippen LogP contribution in [0.25, 0.3) is 0 Å². The molecule has 1 aromatic heterocycles. The third-order valence-corrected chi connectivity index (χ3v) is 2.46. The maximum absolute atomic E-state index is 10.7. The Hall–Kier alpha value is -1.91. The summed E-state index contributed by atoms with van der Waals surface area (Å²) in [6, 6.07) is 5.26. The molecule has 0 N–H and O–H groups in total. The van der Waals surface area contributed by atoms with Crippen LogP contribution in [0.5, 0.6) is 0 Å². The molecule has 0 aliphatic rings. The molecule has 7 heteroatoms. The number of aromatic nitrogens is 1. The minimum atomic E-state index is -3.47. The van der Waals surface area contributed by atoms with Gasteiger partial charge in [-0.25, -0.2) is 4.98 Å². The second kappa shape index (κ2) is 6.87. The summed E-state index contributed by atoms with van der Waals surface area (Å²) in [4.78, 5) is 8.89. The fraction of sp³-hybridized carbons (Fsp3) is 0.333. The molecule has 0 amide bonds. The summed E-state index contributed by atoms with van der Waals surface area (Å²) in [7, 11) is -2.01. The highest BCUT2D eigenvalue weighted by molar-refractivity contribution is 7.85. The van der Waals surface area contributed by atoms with Crippen LogP contribution in [0.4, 0.5) is 0 Å². The van der Waals surface area contributed by atoms with E-state index in [4.69, 9.17) is 0 Å². The molecule has 102 valence electrons. The molecule has 0 saturated heterocycles. The maximum Gasteiger partial charge on any atom is 0.265 e. The van der Waals surface area contributed by atoms with Crippen molar-refractivity contribution in [2.75, 3.05) is 20.0 Å². The summed E-state index contributed by atoms with van der Waals surface area (Å²) in [5.41, 5.74) is 1.76. The largest absolute Gasteiger partial charge is 0.399 e. The van der Waals surface area contributed by atoms with Gasteiger partial charge in [0.15, 0.2) is 0 Å². The molecule has 6 nitrogen and oxygen atoms in total. The van der Waals surface area contributed by atoms with Crippen molar-refractivity contribution in [3.05, 3.63) is 29.6 Å². The fourth-order valence-electron chi connectivity index (χ4n) is 1.15. The third kappa shape index (κ3) is 5.99. The lowest BCUT2D eigenvalue weighted by Gasteiger charge is -1.99. The number of pyridine rings is 1. The second-order valence-electron chi connectivity index (χ2n) is 3.54.